The average Bonchev–Trinajstić information content (AvgIpc) is 2.74. The molecule has 1 amide bonds. The zero-order valence-corrected chi connectivity index (χ0v) is 13.1. The first-order chi connectivity index (χ1) is 9.42. The van der Waals surface area contributed by atoms with Gasteiger partial charge in [0.2, 0.25) is 5.91 Å². The second-order valence-corrected chi connectivity index (χ2v) is 6.23. The van der Waals surface area contributed by atoms with Crippen molar-refractivity contribution in [2.45, 2.75) is 40.2 Å². The van der Waals surface area contributed by atoms with Gasteiger partial charge in [-0.15, -0.1) is 0 Å². The van der Waals surface area contributed by atoms with Crippen LogP contribution in [0.15, 0.2) is 6.33 Å². The summed E-state index contributed by atoms with van der Waals surface area (Å²) < 4.78 is 2.09. The van der Waals surface area contributed by atoms with E-state index in [2.05, 4.69) is 40.7 Å². The van der Waals surface area contributed by atoms with Gasteiger partial charge in [0.15, 0.2) is 0 Å². The van der Waals surface area contributed by atoms with E-state index >= 15 is 0 Å². The minimum atomic E-state index is -0.202. The summed E-state index contributed by atoms with van der Waals surface area (Å²) in [4.78, 5) is 18.9. The van der Waals surface area contributed by atoms with Crippen LogP contribution in [-0.2, 0) is 11.3 Å². The number of hydrogen-bond acceptors (Lipinski definition) is 3. The maximum Gasteiger partial charge on any atom is 0.226 e. The number of carbonyl (C=O) groups excluding carboxylic acids is 1. The molecule has 5 heteroatoms. The van der Waals surface area contributed by atoms with Gasteiger partial charge >= 0.3 is 0 Å². The Kier molecular flexibility index (Phi) is 4.48. The Balaban J connectivity index is 1.82. The van der Waals surface area contributed by atoms with Crippen LogP contribution in [0.5, 0.6) is 0 Å². The van der Waals surface area contributed by atoms with Gasteiger partial charge in [-0.2, -0.15) is 0 Å². The van der Waals surface area contributed by atoms with Crippen molar-refractivity contribution in [3.8, 4) is 0 Å². The number of aryl methyl sites for hydroxylation is 1. The summed E-state index contributed by atoms with van der Waals surface area (Å²) in [6, 6.07) is 0. The lowest BCUT2D eigenvalue weighted by Gasteiger charge is -2.36. The van der Waals surface area contributed by atoms with Gasteiger partial charge in [-0.3, -0.25) is 4.79 Å². The predicted molar refractivity (Wildman–Crippen MR) is 79.5 cm³/mol. The number of nitrogens with zero attached hydrogens (tertiary/aromatic N) is 3. The highest BCUT2D eigenvalue weighted by atomic mass is 16.2. The number of hydrogen-bond donors (Lipinski definition) is 1. The number of imidazole rings is 1. The van der Waals surface area contributed by atoms with E-state index < -0.39 is 0 Å². The van der Waals surface area contributed by atoms with Crippen LogP contribution in [-0.4, -0.2) is 47.0 Å². The molecule has 0 aliphatic carbocycles. The molecule has 0 aromatic carbocycles. The van der Waals surface area contributed by atoms with Gasteiger partial charge in [-0.25, -0.2) is 4.98 Å². The number of piperidine rings is 1. The Hall–Kier alpha value is -1.36. The van der Waals surface area contributed by atoms with E-state index in [9.17, 15) is 4.79 Å². The third-order valence-corrected chi connectivity index (χ3v) is 4.62. The molecule has 112 valence electrons. The molecular weight excluding hydrogens is 252 g/mol. The Morgan fingerprint density at radius 1 is 1.40 bits per heavy atom. The van der Waals surface area contributed by atoms with Crippen molar-refractivity contribution < 1.29 is 4.79 Å². The predicted octanol–water partition coefficient (Wildman–Crippen LogP) is 1.35. The largest absolute Gasteiger partial charge is 0.354 e. The molecule has 0 bridgehead atoms. The first kappa shape index (κ1) is 15.0. The van der Waals surface area contributed by atoms with E-state index in [4.69, 9.17) is 0 Å². The molecule has 2 rings (SSSR count). The number of amides is 1. The Labute approximate surface area is 121 Å². The molecule has 1 fully saturated rings. The van der Waals surface area contributed by atoms with Crippen LogP contribution in [0.25, 0.3) is 0 Å². The maximum absolute atomic E-state index is 12.4. The summed E-state index contributed by atoms with van der Waals surface area (Å²) in [6.45, 7) is 9.61. The summed E-state index contributed by atoms with van der Waals surface area (Å²) in [7, 11) is 2.11. The van der Waals surface area contributed by atoms with Crippen molar-refractivity contribution >= 4 is 5.91 Å². The van der Waals surface area contributed by atoms with E-state index in [1.807, 2.05) is 13.3 Å². The van der Waals surface area contributed by atoms with E-state index in [1.165, 1.54) is 5.69 Å². The third-order valence-electron chi connectivity index (χ3n) is 4.62. The molecule has 0 unspecified atom stereocenters. The number of aromatic nitrogens is 2. The molecule has 1 N–H and O–H groups in total. The van der Waals surface area contributed by atoms with Gasteiger partial charge in [0.25, 0.3) is 0 Å². The van der Waals surface area contributed by atoms with Crippen molar-refractivity contribution in [1.82, 2.24) is 19.8 Å². The second kappa shape index (κ2) is 5.95. The zero-order valence-electron chi connectivity index (χ0n) is 13.1. The van der Waals surface area contributed by atoms with Crippen LogP contribution in [0.2, 0.25) is 0 Å². The first-order valence-corrected chi connectivity index (χ1v) is 7.37. The highest BCUT2D eigenvalue weighted by Gasteiger charge is 2.35. The van der Waals surface area contributed by atoms with E-state index in [1.54, 1.807) is 0 Å². The van der Waals surface area contributed by atoms with Crippen LogP contribution in [0.4, 0.5) is 0 Å². The average molecular weight is 278 g/mol. The van der Waals surface area contributed by atoms with Crippen molar-refractivity contribution in [2.75, 3.05) is 26.7 Å². The van der Waals surface area contributed by atoms with E-state index in [0.717, 1.165) is 38.2 Å². The molecule has 1 aliphatic rings. The first-order valence-electron chi connectivity index (χ1n) is 7.37. The lowest BCUT2D eigenvalue weighted by molar-refractivity contribution is -0.132. The summed E-state index contributed by atoms with van der Waals surface area (Å²) in [5, 5.41) is 3.09. The lowest BCUT2D eigenvalue weighted by Crippen LogP contribution is -2.46. The van der Waals surface area contributed by atoms with Gasteiger partial charge in [0, 0.05) is 24.2 Å². The number of nitrogens with one attached hydrogen (secondary N) is 1. The summed E-state index contributed by atoms with van der Waals surface area (Å²) in [5.74, 6) is 0.195. The van der Waals surface area contributed by atoms with E-state index in [0.29, 0.717) is 6.54 Å². The van der Waals surface area contributed by atoms with Crippen molar-refractivity contribution in [3.63, 3.8) is 0 Å². The highest BCUT2D eigenvalue weighted by Crippen LogP contribution is 2.30. The molecule has 0 radical (unpaired) electrons. The summed E-state index contributed by atoms with van der Waals surface area (Å²) in [6.07, 6.45) is 3.73. The van der Waals surface area contributed by atoms with Crippen LogP contribution in [0, 0.1) is 19.3 Å². The lowest BCUT2D eigenvalue weighted by atomic mass is 9.79. The van der Waals surface area contributed by atoms with Crippen LogP contribution in [0.1, 0.15) is 31.2 Å². The fourth-order valence-corrected chi connectivity index (χ4v) is 2.61. The van der Waals surface area contributed by atoms with Gasteiger partial charge in [-0.1, -0.05) is 6.92 Å². The molecule has 1 aromatic rings. The Bertz CT molecular complexity index is 472. The van der Waals surface area contributed by atoms with Gasteiger partial charge in [0.05, 0.1) is 12.0 Å². The molecule has 2 heterocycles. The molecule has 1 aromatic heterocycles. The normalized spacial score (nSPS) is 19.0. The van der Waals surface area contributed by atoms with Crippen LogP contribution < -0.4 is 5.32 Å². The molecular formula is C15H26N4O. The highest BCUT2D eigenvalue weighted by molar-refractivity contribution is 5.82. The van der Waals surface area contributed by atoms with Gasteiger partial charge in [0.1, 0.15) is 0 Å². The molecule has 1 aliphatic heterocycles. The SMILES string of the molecule is Cc1ncn(CCNC(=O)C2(C)CCN(C)CC2)c1C. The van der Waals surface area contributed by atoms with Crippen molar-refractivity contribution in [1.29, 1.82) is 0 Å². The van der Waals surface area contributed by atoms with Crippen LogP contribution in [0.3, 0.4) is 0 Å². The topological polar surface area (TPSA) is 50.2 Å². The molecule has 0 spiro atoms. The van der Waals surface area contributed by atoms with Crippen molar-refractivity contribution in [3.05, 3.63) is 17.7 Å². The number of likely N-dealkylation sites (tertiary alicyclic amines) is 1. The molecule has 20 heavy (non-hydrogen) atoms. The maximum atomic E-state index is 12.4. The van der Waals surface area contributed by atoms with Gasteiger partial charge in [-0.05, 0) is 46.8 Å². The van der Waals surface area contributed by atoms with Crippen LogP contribution >= 0.6 is 0 Å². The Morgan fingerprint density at radius 2 is 2.05 bits per heavy atom. The smallest absolute Gasteiger partial charge is 0.226 e. The zero-order chi connectivity index (χ0) is 14.8. The van der Waals surface area contributed by atoms with Gasteiger partial charge < -0.3 is 14.8 Å². The monoisotopic (exact) mass is 278 g/mol. The Morgan fingerprint density at radius 3 is 2.60 bits per heavy atom. The molecule has 0 atom stereocenters. The van der Waals surface area contributed by atoms with E-state index in [-0.39, 0.29) is 11.3 Å². The summed E-state index contributed by atoms with van der Waals surface area (Å²) >= 11 is 0. The quantitative estimate of drug-likeness (QED) is 0.904. The fourth-order valence-electron chi connectivity index (χ4n) is 2.61. The number of rotatable bonds is 4. The minimum Gasteiger partial charge on any atom is -0.354 e. The van der Waals surface area contributed by atoms with Crippen molar-refractivity contribution in [2.24, 2.45) is 5.41 Å². The summed E-state index contributed by atoms with van der Waals surface area (Å²) in [5.41, 5.74) is 2.02. The standard InChI is InChI=1S/C15H26N4O/c1-12-13(2)19(11-17-12)10-7-16-14(20)15(3)5-8-18(4)9-6-15/h11H,5-10H2,1-4H3,(H,16,20). The molecule has 5 nitrogen and oxygen atoms in total. The molecule has 0 saturated carbocycles. The minimum absolute atomic E-state index is 0.195. The second-order valence-electron chi connectivity index (χ2n) is 6.23. The molecule has 1 saturated heterocycles. The third kappa shape index (κ3) is 3.20. The number of carbonyl (C=O) groups is 1. The fraction of sp³-hybridized carbons (Fsp3) is 0.733.